The van der Waals surface area contributed by atoms with Crippen molar-refractivity contribution in [2.24, 2.45) is 5.41 Å². The van der Waals surface area contributed by atoms with Gasteiger partial charge < -0.3 is 10.1 Å². The second-order valence-corrected chi connectivity index (χ2v) is 6.72. The van der Waals surface area contributed by atoms with E-state index in [4.69, 9.17) is 10.00 Å². The highest BCUT2D eigenvalue weighted by atomic mass is 16.5. The third kappa shape index (κ3) is 5.30. The molecule has 0 amide bonds. The van der Waals surface area contributed by atoms with Crippen molar-refractivity contribution in [3.63, 3.8) is 0 Å². The van der Waals surface area contributed by atoms with Crippen LogP contribution in [0.25, 0.3) is 0 Å². The molecular weight excluding hydrogens is 260 g/mol. The molecule has 3 heteroatoms. The van der Waals surface area contributed by atoms with Gasteiger partial charge in [-0.25, -0.2) is 0 Å². The number of nitrogens with zero attached hydrogens (tertiary/aromatic N) is 1. The second kappa shape index (κ2) is 7.36. The molecule has 3 nitrogen and oxygen atoms in total. The van der Waals surface area contributed by atoms with Gasteiger partial charge >= 0.3 is 0 Å². The van der Waals surface area contributed by atoms with E-state index in [0.29, 0.717) is 12.5 Å². The van der Waals surface area contributed by atoms with Gasteiger partial charge in [-0.15, -0.1) is 0 Å². The average Bonchev–Trinajstić information content (AvgIpc) is 2.98. The average molecular weight is 286 g/mol. The number of rotatable bonds is 7. The molecule has 0 aliphatic heterocycles. The molecule has 1 fully saturated rings. The molecule has 0 bridgehead atoms. The molecule has 1 aromatic rings. The molecule has 114 valence electrons. The lowest BCUT2D eigenvalue weighted by molar-refractivity contribution is 0.210. The third-order valence-corrected chi connectivity index (χ3v) is 4.14. The Balaban J connectivity index is 1.80. The van der Waals surface area contributed by atoms with Crippen LogP contribution in [0.4, 0.5) is 5.69 Å². The van der Waals surface area contributed by atoms with Gasteiger partial charge in [0, 0.05) is 18.7 Å². The molecule has 1 N–H and O–H groups in total. The van der Waals surface area contributed by atoms with E-state index in [1.54, 1.807) is 0 Å². The Morgan fingerprint density at radius 2 is 1.90 bits per heavy atom. The van der Waals surface area contributed by atoms with Crippen LogP contribution in [-0.2, 0) is 0 Å². The Hall–Kier alpha value is -1.69. The Morgan fingerprint density at radius 1 is 1.24 bits per heavy atom. The van der Waals surface area contributed by atoms with Crippen LogP contribution in [0.1, 0.15) is 52.4 Å². The SMILES string of the molecule is CC(C)(CCC#N)CNc1ccc(OC2CCCC2)cc1. The first-order valence-corrected chi connectivity index (χ1v) is 7.97. The highest BCUT2D eigenvalue weighted by Gasteiger charge is 2.18. The van der Waals surface area contributed by atoms with Gasteiger partial charge in [-0.2, -0.15) is 5.26 Å². The molecule has 0 heterocycles. The van der Waals surface area contributed by atoms with E-state index in [-0.39, 0.29) is 5.41 Å². The van der Waals surface area contributed by atoms with Crippen molar-refractivity contribution in [1.29, 1.82) is 5.26 Å². The van der Waals surface area contributed by atoms with E-state index in [0.717, 1.165) is 24.4 Å². The monoisotopic (exact) mass is 286 g/mol. The van der Waals surface area contributed by atoms with Crippen molar-refractivity contribution in [2.45, 2.75) is 58.5 Å². The fourth-order valence-electron chi connectivity index (χ4n) is 2.67. The van der Waals surface area contributed by atoms with Crippen molar-refractivity contribution in [3.05, 3.63) is 24.3 Å². The summed E-state index contributed by atoms with van der Waals surface area (Å²) in [5.41, 5.74) is 1.24. The molecular formula is C18H26N2O. The Kier molecular flexibility index (Phi) is 5.50. The summed E-state index contributed by atoms with van der Waals surface area (Å²) in [4.78, 5) is 0. The molecule has 0 radical (unpaired) electrons. The zero-order valence-electron chi connectivity index (χ0n) is 13.2. The Bertz CT molecular complexity index is 467. The van der Waals surface area contributed by atoms with Gasteiger partial charge in [-0.05, 0) is 61.8 Å². The van der Waals surface area contributed by atoms with Crippen LogP contribution in [0, 0.1) is 16.7 Å². The summed E-state index contributed by atoms with van der Waals surface area (Å²) >= 11 is 0. The molecule has 1 aromatic carbocycles. The summed E-state index contributed by atoms with van der Waals surface area (Å²) in [5, 5.41) is 12.1. The predicted molar refractivity (Wildman–Crippen MR) is 86.4 cm³/mol. The number of benzene rings is 1. The van der Waals surface area contributed by atoms with Gasteiger partial charge in [0.05, 0.1) is 12.2 Å². The van der Waals surface area contributed by atoms with Crippen molar-refractivity contribution >= 4 is 5.69 Å². The summed E-state index contributed by atoms with van der Waals surface area (Å²) in [6, 6.07) is 10.5. The quantitative estimate of drug-likeness (QED) is 0.786. The van der Waals surface area contributed by atoms with Crippen molar-refractivity contribution < 1.29 is 4.74 Å². The first-order chi connectivity index (χ1) is 10.1. The zero-order chi connectivity index (χ0) is 15.1. The van der Waals surface area contributed by atoms with E-state index >= 15 is 0 Å². The normalized spacial score (nSPS) is 15.7. The van der Waals surface area contributed by atoms with E-state index in [1.165, 1.54) is 25.7 Å². The van der Waals surface area contributed by atoms with Gasteiger partial charge in [0.25, 0.3) is 0 Å². The molecule has 21 heavy (non-hydrogen) atoms. The maximum absolute atomic E-state index is 8.68. The summed E-state index contributed by atoms with van der Waals surface area (Å²) < 4.78 is 5.96. The number of hydrogen-bond acceptors (Lipinski definition) is 3. The minimum absolute atomic E-state index is 0.134. The number of ether oxygens (including phenoxy) is 1. The topological polar surface area (TPSA) is 45.0 Å². The molecule has 0 atom stereocenters. The van der Waals surface area contributed by atoms with Crippen LogP contribution in [0.2, 0.25) is 0 Å². The lowest BCUT2D eigenvalue weighted by Crippen LogP contribution is -2.22. The number of hydrogen-bond donors (Lipinski definition) is 1. The minimum Gasteiger partial charge on any atom is -0.490 e. The number of anilines is 1. The van der Waals surface area contributed by atoms with Crippen LogP contribution in [0.15, 0.2) is 24.3 Å². The van der Waals surface area contributed by atoms with E-state index < -0.39 is 0 Å². The van der Waals surface area contributed by atoms with Gasteiger partial charge in [-0.3, -0.25) is 0 Å². The van der Waals surface area contributed by atoms with Crippen molar-refractivity contribution in [2.75, 3.05) is 11.9 Å². The number of nitriles is 1. The molecule has 1 saturated carbocycles. The van der Waals surface area contributed by atoms with Crippen LogP contribution in [0.3, 0.4) is 0 Å². The maximum atomic E-state index is 8.68. The summed E-state index contributed by atoms with van der Waals surface area (Å²) in [6.45, 7) is 5.25. The highest BCUT2D eigenvalue weighted by molar-refractivity contribution is 5.46. The van der Waals surface area contributed by atoms with Gasteiger partial charge in [-0.1, -0.05) is 13.8 Å². The fraction of sp³-hybridized carbons (Fsp3) is 0.611. The van der Waals surface area contributed by atoms with Crippen LogP contribution >= 0.6 is 0 Å². The highest BCUT2D eigenvalue weighted by Crippen LogP contribution is 2.26. The summed E-state index contributed by atoms with van der Waals surface area (Å²) in [7, 11) is 0. The van der Waals surface area contributed by atoms with E-state index in [1.807, 2.05) is 12.1 Å². The van der Waals surface area contributed by atoms with Crippen LogP contribution in [0.5, 0.6) is 5.75 Å². The first-order valence-electron chi connectivity index (χ1n) is 7.97. The lowest BCUT2D eigenvalue weighted by atomic mass is 9.88. The minimum atomic E-state index is 0.134. The summed E-state index contributed by atoms with van der Waals surface area (Å²) in [6.07, 6.45) is 6.90. The second-order valence-electron chi connectivity index (χ2n) is 6.72. The van der Waals surface area contributed by atoms with Crippen LogP contribution in [-0.4, -0.2) is 12.6 Å². The number of nitrogens with one attached hydrogen (secondary N) is 1. The smallest absolute Gasteiger partial charge is 0.119 e. The molecule has 1 aliphatic rings. The molecule has 1 aliphatic carbocycles. The maximum Gasteiger partial charge on any atom is 0.119 e. The van der Waals surface area contributed by atoms with Crippen LogP contribution < -0.4 is 10.1 Å². The van der Waals surface area contributed by atoms with Gasteiger partial charge in [0.1, 0.15) is 5.75 Å². The zero-order valence-corrected chi connectivity index (χ0v) is 13.2. The van der Waals surface area contributed by atoms with Crippen molar-refractivity contribution in [3.8, 4) is 11.8 Å². The van der Waals surface area contributed by atoms with Gasteiger partial charge in [0.2, 0.25) is 0 Å². The predicted octanol–water partition coefficient (Wildman–Crippen LogP) is 4.75. The van der Waals surface area contributed by atoms with E-state index in [2.05, 4.69) is 37.4 Å². The molecule has 0 unspecified atom stereocenters. The third-order valence-electron chi connectivity index (χ3n) is 4.14. The Labute approximate surface area is 128 Å². The van der Waals surface area contributed by atoms with E-state index in [9.17, 15) is 0 Å². The first kappa shape index (κ1) is 15.7. The molecule has 0 spiro atoms. The largest absolute Gasteiger partial charge is 0.490 e. The van der Waals surface area contributed by atoms with Crippen molar-refractivity contribution in [1.82, 2.24) is 0 Å². The molecule has 0 saturated heterocycles. The molecule has 2 rings (SSSR count). The summed E-state index contributed by atoms with van der Waals surface area (Å²) in [5.74, 6) is 0.969. The lowest BCUT2D eigenvalue weighted by Gasteiger charge is -2.24. The van der Waals surface area contributed by atoms with Gasteiger partial charge in [0.15, 0.2) is 0 Å². The fourth-order valence-corrected chi connectivity index (χ4v) is 2.67. The standard InChI is InChI=1S/C18H26N2O/c1-18(2,12-5-13-19)14-20-15-8-10-17(11-9-15)21-16-6-3-4-7-16/h8-11,16,20H,3-7,12,14H2,1-2H3. The Morgan fingerprint density at radius 3 is 2.52 bits per heavy atom. The molecule has 0 aromatic heterocycles.